The molecular weight excluding hydrogens is 399 g/mol. The fraction of sp³-hybridized carbons (Fsp3) is 0.125. The van der Waals surface area contributed by atoms with Crippen molar-refractivity contribution in [2.24, 2.45) is 0 Å². The summed E-state index contributed by atoms with van der Waals surface area (Å²) in [6.45, 7) is 1.56. The van der Waals surface area contributed by atoms with Crippen LogP contribution >= 0.6 is 54.5 Å². The number of carbonyl (C=O) groups excluding carboxylic acids is 1. The highest BCUT2D eigenvalue weighted by atomic mass is 127. The van der Waals surface area contributed by atoms with Gasteiger partial charge in [-0.15, -0.1) is 0 Å². The first-order valence-corrected chi connectivity index (χ1v) is 5.84. The third-order valence-corrected chi connectivity index (χ3v) is 4.99. The standard InChI is InChI=1S/C8H5Br2IO/c1-4(12)5-2-6(9)8(10)7(11)3-5/h2-3H,1H3. The third-order valence-electron chi connectivity index (χ3n) is 1.39. The summed E-state index contributed by atoms with van der Waals surface area (Å²) in [5.74, 6) is 0.0844. The Morgan fingerprint density at radius 1 is 1.42 bits per heavy atom. The molecule has 0 N–H and O–H groups in total. The van der Waals surface area contributed by atoms with Crippen LogP contribution in [0.25, 0.3) is 0 Å². The van der Waals surface area contributed by atoms with Gasteiger partial charge in [0.15, 0.2) is 5.78 Å². The number of ketones is 1. The number of benzene rings is 1. The maximum Gasteiger partial charge on any atom is 0.159 e. The Bertz CT molecular complexity index is 313. The molecule has 0 unspecified atom stereocenters. The largest absolute Gasteiger partial charge is 0.295 e. The predicted octanol–water partition coefficient (Wildman–Crippen LogP) is 4.02. The van der Waals surface area contributed by atoms with Gasteiger partial charge >= 0.3 is 0 Å². The fourth-order valence-corrected chi connectivity index (χ4v) is 2.44. The van der Waals surface area contributed by atoms with Crippen LogP contribution in [0.15, 0.2) is 21.1 Å². The number of rotatable bonds is 1. The summed E-state index contributed by atoms with van der Waals surface area (Å²) in [6, 6.07) is 3.67. The molecule has 0 heterocycles. The average molecular weight is 404 g/mol. The highest BCUT2D eigenvalue weighted by Crippen LogP contribution is 2.29. The van der Waals surface area contributed by atoms with Crippen LogP contribution in [0.5, 0.6) is 0 Å². The minimum Gasteiger partial charge on any atom is -0.295 e. The number of Topliss-reactive ketones (excluding diaryl/α,β-unsaturated/α-hetero) is 1. The van der Waals surface area contributed by atoms with Crippen LogP contribution in [0, 0.1) is 3.57 Å². The molecule has 0 aliphatic carbocycles. The fourth-order valence-electron chi connectivity index (χ4n) is 0.759. The normalized spacial score (nSPS) is 10.0. The molecule has 1 aromatic carbocycles. The molecular formula is C8H5Br2IO. The third kappa shape index (κ3) is 2.29. The van der Waals surface area contributed by atoms with Crippen molar-refractivity contribution in [1.29, 1.82) is 0 Å². The minimum atomic E-state index is 0.0844. The molecule has 0 radical (unpaired) electrons. The Morgan fingerprint density at radius 3 is 2.42 bits per heavy atom. The van der Waals surface area contributed by atoms with E-state index >= 15 is 0 Å². The summed E-state index contributed by atoms with van der Waals surface area (Å²) < 4.78 is 2.94. The van der Waals surface area contributed by atoms with Gasteiger partial charge in [-0.05, 0) is 73.5 Å². The van der Waals surface area contributed by atoms with Crippen LogP contribution in [-0.2, 0) is 0 Å². The molecule has 0 spiro atoms. The SMILES string of the molecule is CC(=O)c1cc(Br)c(Br)c(I)c1. The van der Waals surface area contributed by atoms with E-state index in [4.69, 9.17) is 0 Å². The van der Waals surface area contributed by atoms with Crippen LogP contribution in [0.4, 0.5) is 0 Å². The Morgan fingerprint density at radius 2 is 2.00 bits per heavy atom. The van der Waals surface area contributed by atoms with E-state index in [0.29, 0.717) is 0 Å². The van der Waals surface area contributed by atoms with Gasteiger partial charge in [0.2, 0.25) is 0 Å². The highest BCUT2D eigenvalue weighted by molar-refractivity contribution is 14.1. The van der Waals surface area contributed by atoms with Gasteiger partial charge in [0.05, 0.1) is 0 Å². The first kappa shape index (κ1) is 10.7. The first-order chi connectivity index (χ1) is 5.52. The van der Waals surface area contributed by atoms with Crippen LogP contribution in [-0.4, -0.2) is 5.78 Å². The number of halogens is 3. The molecule has 0 amide bonds. The molecule has 1 aromatic rings. The Labute approximate surface area is 101 Å². The van der Waals surface area contributed by atoms with E-state index in [0.717, 1.165) is 18.1 Å². The molecule has 4 heteroatoms. The van der Waals surface area contributed by atoms with E-state index in [1.165, 1.54) is 0 Å². The van der Waals surface area contributed by atoms with Crippen molar-refractivity contribution in [3.05, 3.63) is 30.2 Å². The van der Waals surface area contributed by atoms with E-state index in [1.807, 2.05) is 12.1 Å². The molecule has 0 aliphatic heterocycles. The summed E-state index contributed by atoms with van der Waals surface area (Å²) >= 11 is 8.94. The molecule has 0 saturated heterocycles. The van der Waals surface area contributed by atoms with Crippen molar-refractivity contribution < 1.29 is 4.79 Å². The van der Waals surface area contributed by atoms with Crippen LogP contribution in [0.3, 0.4) is 0 Å². The highest BCUT2D eigenvalue weighted by Gasteiger charge is 2.06. The number of hydrogen-bond donors (Lipinski definition) is 0. The molecule has 0 atom stereocenters. The van der Waals surface area contributed by atoms with E-state index in [1.54, 1.807) is 6.92 Å². The van der Waals surface area contributed by atoms with Crippen molar-refractivity contribution in [3.8, 4) is 0 Å². The quantitative estimate of drug-likeness (QED) is 0.393. The molecule has 0 bridgehead atoms. The van der Waals surface area contributed by atoms with Gasteiger partial charge in [-0.25, -0.2) is 0 Å². The second kappa shape index (κ2) is 4.19. The minimum absolute atomic E-state index is 0.0844. The maximum atomic E-state index is 11.0. The molecule has 0 saturated carbocycles. The van der Waals surface area contributed by atoms with Crippen molar-refractivity contribution >= 4 is 60.2 Å². The summed E-state index contributed by atoms with van der Waals surface area (Å²) in [6.07, 6.45) is 0. The summed E-state index contributed by atoms with van der Waals surface area (Å²) in [7, 11) is 0. The molecule has 1 rings (SSSR count). The van der Waals surface area contributed by atoms with Gasteiger partial charge in [-0.3, -0.25) is 4.79 Å². The van der Waals surface area contributed by atoms with Gasteiger partial charge in [0.25, 0.3) is 0 Å². The van der Waals surface area contributed by atoms with E-state index < -0.39 is 0 Å². The van der Waals surface area contributed by atoms with Gasteiger partial charge < -0.3 is 0 Å². The van der Waals surface area contributed by atoms with Crippen LogP contribution in [0.2, 0.25) is 0 Å². The topological polar surface area (TPSA) is 17.1 Å². The summed E-state index contributed by atoms with van der Waals surface area (Å²) in [4.78, 5) is 11.0. The Hall–Kier alpha value is 0.580. The van der Waals surface area contributed by atoms with Gasteiger partial charge in [0.1, 0.15) is 0 Å². The molecule has 12 heavy (non-hydrogen) atoms. The number of hydrogen-bond acceptors (Lipinski definition) is 1. The Balaban J connectivity index is 3.31. The van der Waals surface area contributed by atoms with E-state index in [2.05, 4.69) is 54.5 Å². The summed E-state index contributed by atoms with van der Waals surface area (Å²) in [5.41, 5.74) is 0.731. The first-order valence-electron chi connectivity index (χ1n) is 3.18. The van der Waals surface area contributed by atoms with Crippen molar-refractivity contribution in [3.63, 3.8) is 0 Å². The van der Waals surface area contributed by atoms with Gasteiger partial charge in [0, 0.05) is 18.1 Å². The second-order valence-electron chi connectivity index (χ2n) is 2.31. The van der Waals surface area contributed by atoms with Crippen LogP contribution in [0.1, 0.15) is 17.3 Å². The predicted molar refractivity (Wildman–Crippen MR) is 64.6 cm³/mol. The molecule has 0 fully saturated rings. The van der Waals surface area contributed by atoms with Crippen LogP contribution < -0.4 is 0 Å². The lowest BCUT2D eigenvalue weighted by atomic mass is 10.2. The molecule has 0 aromatic heterocycles. The number of carbonyl (C=O) groups is 1. The van der Waals surface area contributed by atoms with E-state index in [-0.39, 0.29) is 5.78 Å². The monoisotopic (exact) mass is 402 g/mol. The molecule has 0 aliphatic rings. The maximum absolute atomic E-state index is 11.0. The zero-order valence-corrected chi connectivity index (χ0v) is 11.5. The average Bonchev–Trinajstić information content (AvgIpc) is 1.99. The van der Waals surface area contributed by atoms with Crippen molar-refractivity contribution in [2.45, 2.75) is 6.92 Å². The van der Waals surface area contributed by atoms with Gasteiger partial charge in [-0.2, -0.15) is 0 Å². The smallest absolute Gasteiger partial charge is 0.159 e. The van der Waals surface area contributed by atoms with Crippen molar-refractivity contribution in [2.75, 3.05) is 0 Å². The zero-order chi connectivity index (χ0) is 9.30. The van der Waals surface area contributed by atoms with Gasteiger partial charge in [-0.1, -0.05) is 0 Å². The Kier molecular flexibility index (Phi) is 3.73. The second-order valence-corrected chi connectivity index (χ2v) is 5.12. The lowest BCUT2D eigenvalue weighted by Gasteiger charge is -2.02. The zero-order valence-electron chi connectivity index (χ0n) is 6.20. The molecule has 64 valence electrons. The van der Waals surface area contributed by atoms with E-state index in [9.17, 15) is 4.79 Å². The lowest BCUT2D eigenvalue weighted by Crippen LogP contribution is -1.93. The van der Waals surface area contributed by atoms with Crippen molar-refractivity contribution in [1.82, 2.24) is 0 Å². The lowest BCUT2D eigenvalue weighted by molar-refractivity contribution is 0.101. The molecule has 1 nitrogen and oxygen atoms in total. The summed E-state index contributed by atoms with van der Waals surface area (Å²) in [5, 5.41) is 0.